The van der Waals surface area contributed by atoms with Gasteiger partial charge in [0, 0.05) is 10.9 Å². The van der Waals surface area contributed by atoms with E-state index in [2.05, 4.69) is 29.4 Å². The molecule has 0 atom stereocenters. The summed E-state index contributed by atoms with van der Waals surface area (Å²) in [7, 11) is 0. The molecule has 6 heteroatoms. The van der Waals surface area contributed by atoms with Crippen LogP contribution < -0.4 is 5.32 Å². The molecule has 0 saturated carbocycles. The lowest BCUT2D eigenvalue weighted by atomic mass is 9.93. The van der Waals surface area contributed by atoms with Crippen molar-refractivity contribution in [3.05, 3.63) is 35.2 Å². The van der Waals surface area contributed by atoms with Crippen molar-refractivity contribution in [3.63, 3.8) is 0 Å². The number of carbonyl (C=O) groups excluding carboxylic acids is 2. The lowest BCUT2D eigenvalue weighted by Crippen LogP contribution is -2.23. The van der Waals surface area contributed by atoms with Gasteiger partial charge in [-0.15, -0.1) is 11.3 Å². The van der Waals surface area contributed by atoms with Gasteiger partial charge in [-0.05, 0) is 17.4 Å². The second kappa shape index (κ2) is 8.25. The van der Waals surface area contributed by atoms with Crippen molar-refractivity contribution in [2.75, 3.05) is 11.9 Å². The van der Waals surface area contributed by atoms with Gasteiger partial charge in [0.2, 0.25) is 0 Å². The molecule has 0 unspecified atom stereocenters. The smallest absolute Gasteiger partial charge is 0.306 e. The van der Waals surface area contributed by atoms with Crippen molar-refractivity contribution in [2.45, 2.75) is 40.5 Å². The van der Waals surface area contributed by atoms with Crippen molar-refractivity contribution in [1.29, 1.82) is 0 Å². The molecule has 0 bridgehead atoms. The maximum atomic E-state index is 11.9. The fraction of sp³-hybridized carbons (Fsp3) is 0.421. The molecule has 2 aromatic rings. The topological polar surface area (TPSA) is 68.3 Å². The molecule has 134 valence electrons. The van der Waals surface area contributed by atoms with E-state index in [-0.39, 0.29) is 30.3 Å². The molecule has 0 aliphatic carbocycles. The Morgan fingerprint density at radius 3 is 2.48 bits per heavy atom. The number of rotatable bonds is 6. The van der Waals surface area contributed by atoms with Gasteiger partial charge in [-0.1, -0.05) is 52.0 Å². The predicted molar refractivity (Wildman–Crippen MR) is 101 cm³/mol. The van der Waals surface area contributed by atoms with Crippen LogP contribution in [-0.2, 0) is 20.7 Å². The lowest BCUT2D eigenvalue weighted by molar-refractivity contribution is -0.149. The van der Waals surface area contributed by atoms with Crippen LogP contribution in [0.4, 0.5) is 5.13 Å². The number of aryl methyl sites for hydroxylation is 1. The van der Waals surface area contributed by atoms with Crippen LogP contribution in [0.2, 0.25) is 0 Å². The summed E-state index contributed by atoms with van der Waals surface area (Å²) in [4.78, 5) is 27.9. The summed E-state index contributed by atoms with van der Waals surface area (Å²) in [5.74, 6) is -0.761. The third kappa shape index (κ3) is 6.31. The zero-order valence-electron chi connectivity index (χ0n) is 15.1. The van der Waals surface area contributed by atoms with Gasteiger partial charge in [-0.2, -0.15) is 0 Å². The predicted octanol–water partition coefficient (Wildman–Crippen LogP) is 4.29. The minimum absolute atomic E-state index is 0.162. The molecule has 0 aliphatic heterocycles. The first kappa shape index (κ1) is 19.1. The number of nitrogens with zero attached hydrogens (tertiary/aromatic N) is 1. The van der Waals surface area contributed by atoms with Crippen LogP contribution in [0.1, 0.15) is 39.7 Å². The number of hydrogen-bond acceptors (Lipinski definition) is 5. The third-order valence-electron chi connectivity index (χ3n) is 3.45. The molecule has 0 spiro atoms. The summed E-state index contributed by atoms with van der Waals surface area (Å²) in [5, 5.41) is 5.05. The number of thiazole rings is 1. The Morgan fingerprint density at radius 1 is 1.20 bits per heavy atom. The Labute approximate surface area is 152 Å². The first-order chi connectivity index (χ1) is 11.8. The van der Waals surface area contributed by atoms with Gasteiger partial charge in [0.25, 0.3) is 5.91 Å². The van der Waals surface area contributed by atoms with Crippen molar-refractivity contribution in [3.8, 4) is 11.3 Å². The fourth-order valence-corrected chi connectivity index (χ4v) is 2.90. The largest absolute Gasteiger partial charge is 0.456 e. The highest BCUT2D eigenvalue weighted by Gasteiger charge is 2.18. The van der Waals surface area contributed by atoms with E-state index in [1.54, 1.807) is 0 Å². The summed E-state index contributed by atoms with van der Waals surface area (Å²) < 4.78 is 4.99. The highest BCUT2D eigenvalue weighted by Crippen LogP contribution is 2.25. The van der Waals surface area contributed by atoms with Crippen molar-refractivity contribution in [2.24, 2.45) is 5.41 Å². The number of aromatic nitrogens is 1. The van der Waals surface area contributed by atoms with Gasteiger partial charge in [-0.25, -0.2) is 4.98 Å². The second-order valence-corrected chi connectivity index (χ2v) is 7.89. The highest BCUT2D eigenvalue weighted by atomic mass is 32.1. The number of benzene rings is 1. The summed E-state index contributed by atoms with van der Waals surface area (Å²) in [6.45, 7) is 7.64. The van der Waals surface area contributed by atoms with E-state index >= 15 is 0 Å². The molecule has 2 rings (SSSR count). The Morgan fingerprint density at radius 2 is 1.88 bits per heavy atom. The van der Waals surface area contributed by atoms with Gasteiger partial charge in [0.15, 0.2) is 11.7 Å². The fourth-order valence-electron chi connectivity index (χ4n) is 2.16. The van der Waals surface area contributed by atoms with E-state index in [0.717, 1.165) is 17.7 Å². The summed E-state index contributed by atoms with van der Waals surface area (Å²) in [6, 6.07) is 8.19. The second-order valence-electron chi connectivity index (χ2n) is 7.03. The SMILES string of the molecule is CCc1ccc(-c2csc(NC(=O)COC(=O)CC(C)(C)C)n2)cc1. The number of hydrogen-bond donors (Lipinski definition) is 1. The normalized spacial score (nSPS) is 11.2. The minimum atomic E-state index is -0.385. The average Bonchev–Trinajstić information content (AvgIpc) is 3.00. The molecule has 1 aromatic heterocycles. The van der Waals surface area contributed by atoms with Crippen LogP contribution in [0.5, 0.6) is 0 Å². The molecule has 0 fully saturated rings. The summed E-state index contributed by atoms with van der Waals surface area (Å²) in [5.41, 5.74) is 2.92. The molecule has 0 aliphatic rings. The van der Waals surface area contributed by atoms with E-state index in [9.17, 15) is 9.59 Å². The quantitative estimate of drug-likeness (QED) is 0.780. The Hall–Kier alpha value is -2.21. The van der Waals surface area contributed by atoms with Gasteiger partial charge < -0.3 is 4.74 Å². The molecule has 0 radical (unpaired) electrons. The van der Waals surface area contributed by atoms with Gasteiger partial charge >= 0.3 is 5.97 Å². The Balaban J connectivity index is 1.87. The van der Waals surface area contributed by atoms with Crippen molar-refractivity contribution >= 4 is 28.3 Å². The molecule has 25 heavy (non-hydrogen) atoms. The van der Waals surface area contributed by atoms with Crippen LogP contribution in [0.25, 0.3) is 11.3 Å². The number of nitrogens with one attached hydrogen (secondary N) is 1. The molecular weight excluding hydrogens is 336 g/mol. The monoisotopic (exact) mass is 360 g/mol. The van der Waals surface area contributed by atoms with E-state index in [4.69, 9.17) is 4.74 Å². The summed E-state index contributed by atoms with van der Waals surface area (Å²) in [6.07, 6.45) is 1.27. The van der Waals surface area contributed by atoms with E-state index < -0.39 is 0 Å². The number of esters is 1. The minimum Gasteiger partial charge on any atom is -0.456 e. The Bertz CT molecular complexity index is 730. The van der Waals surface area contributed by atoms with Crippen molar-refractivity contribution < 1.29 is 14.3 Å². The first-order valence-electron chi connectivity index (χ1n) is 8.27. The molecule has 0 saturated heterocycles. The lowest BCUT2D eigenvalue weighted by Gasteiger charge is -2.16. The van der Waals surface area contributed by atoms with Crippen LogP contribution in [-0.4, -0.2) is 23.5 Å². The molecule has 1 heterocycles. The molecular formula is C19H24N2O3S. The zero-order chi connectivity index (χ0) is 18.4. The van der Waals surface area contributed by atoms with Crippen LogP contribution in [0, 0.1) is 5.41 Å². The molecule has 5 nitrogen and oxygen atoms in total. The number of ether oxygens (including phenoxy) is 1. The van der Waals surface area contributed by atoms with Crippen LogP contribution >= 0.6 is 11.3 Å². The Kier molecular flexibility index (Phi) is 6.31. The maximum absolute atomic E-state index is 11.9. The molecule has 1 amide bonds. The van der Waals surface area contributed by atoms with Gasteiger partial charge in [0.1, 0.15) is 0 Å². The number of carbonyl (C=O) groups is 2. The van der Waals surface area contributed by atoms with E-state index in [0.29, 0.717) is 5.13 Å². The van der Waals surface area contributed by atoms with E-state index in [1.165, 1.54) is 16.9 Å². The third-order valence-corrected chi connectivity index (χ3v) is 4.21. The molecule has 1 aromatic carbocycles. The number of amides is 1. The van der Waals surface area contributed by atoms with E-state index in [1.807, 2.05) is 38.3 Å². The molecule has 1 N–H and O–H groups in total. The van der Waals surface area contributed by atoms with Gasteiger partial charge in [-0.3, -0.25) is 14.9 Å². The first-order valence-corrected chi connectivity index (χ1v) is 9.15. The zero-order valence-corrected chi connectivity index (χ0v) is 15.9. The highest BCUT2D eigenvalue weighted by molar-refractivity contribution is 7.14. The van der Waals surface area contributed by atoms with Crippen molar-refractivity contribution in [1.82, 2.24) is 4.98 Å². The van der Waals surface area contributed by atoms with Crippen LogP contribution in [0.15, 0.2) is 29.6 Å². The summed E-state index contributed by atoms with van der Waals surface area (Å²) >= 11 is 1.34. The van der Waals surface area contributed by atoms with Crippen LogP contribution in [0.3, 0.4) is 0 Å². The number of anilines is 1. The maximum Gasteiger partial charge on any atom is 0.306 e. The average molecular weight is 360 g/mol. The standard InChI is InChI=1S/C19H24N2O3S/c1-5-13-6-8-14(9-7-13)15-12-25-18(20-15)21-16(22)11-24-17(23)10-19(2,3)4/h6-9,12H,5,10-11H2,1-4H3,(H,20,21,22). The van der Waals surface area contributed by atoms with Gasteiger partial charge in [0.05, 0.1) is 12.1 Å².